The SMILES string of the molecule is CC(C)=CC(=O)c1cccc(F)c1C. The lowest BCUT2D eigenvalue weighted by Gasteiger charge is -2.02. The molecule has 0 saturated heterocycles. The van der Waals surface area contributed by atoms with Gasteiger partial charge in [0.15, 0.2) is 5.78 Å². The fourth-order valence-electron chi connectivity index (χ4n) is 1.21. The zero-order valence-corrected chi connectivity index (χ0v) is 8.60. The van der Waals surface area contributed by atoms with Gasteiger partial charge in [-0.25, -0.2) is 4.39 Å². The van der Waals surface area contributed by atoms with Gasteiger partial charge in [-0.2, -0.15) is 0 Å². The molecule has 0 heterocycles. The van der Waals surface area contributed by atoms with Gasteiger partial charge < -0.3 is 0 Å². The third-order valence-electron chi connectivity index (χ3n) is 1.95. The van der Waals surface area contributed by atoms with Crippen molar-refractivity contribution >= 4 is 5.78 Å². The molecular formula is C12H13FO. The van der Waals surface area contributed by atoms with Gasteiger partial charge in [0.1, 0.15) is 5.82 Å². The minimum absolute atomic E-state index is 0.137. The summed E-state index contributed by atoms with van der Waals surface area (Å²) in [6, 6.07) is 4.54. The van der Waals surface area contributed by atoms with E-state index in [1.54, 1.807) is 19.1 Å². The van der Waals surface area contributed by atoms with Gasteiger partial charge in [0.2, 0.25) is 0 Å². The summed E-state index contributed by atoms with van der Waals surface area (Å²) in [5.41, 5.74) is 1.76. The number of rotatable bonds is 2. The summed E-state index contributed by atoms with van der Waals surface area (Å²) >= 11 is 0. The van der Waals surface area contributed by atoms with Crippen LogP contribution in [0.3, 0.4) is 0 Å². The van der Waals surface area contributed by atoms with Crippen LogP contribution in [-0.2, 0) is 0 Å². The van der Waals surface area contributed by atoms with E-state index in [4.69, 9.17) is 0 Å². The second-order valence-electron chi connectivity index (χ2n) is 3.50. The Hall–Kier alpha value is -1.44. The Morgan fingerprint density at radius 1 is 1.36 bits per heavy atom. The van der Waals surface area contributed by atoms with Crippen LogP contribution in [0.2, 0.25) is 0 Å². The molecule has 0 aliphatic heterocycles. The van der Waals surface area contributed by atoms with Crippen LogP contribution < -0.4 is 0 Å². The Bertz CT molecular complexity index is 387. The highest BCUT2D eigenvalue weighted by atomic mass is 19.1. The van der Waals surface area contributed by atoms with Gasteiger partial charge in [-0.05, 0) is 38.5 Å². The standard InChI is InChI=1S/C12H13FO/c1-8(2)7-12(14)10-5-4-6-11(13)9(10)3/h4-7H,1-3H3. The third-order valence-corrected chi connectivity index (χ3v) is 1.95. The van der Waals surface area contributed by atoms with E-state index in [-0.39, 0.29) is 11.6 Å². The Labute approximate surface area is 83.3 Å². The summed E-state index contributed by atoms with van der Waals surface area (Å²) in [5.74, 6) is -0.472. The van der Waals surface area contributed by atoms with Crippen molar-refractivity contribution < 1.29 is 9.18 Å². The number of hydrogen-bond acceptors (Lipinski definition) is 1. The molecule has 74 valence electrons. The molecule has 0 spiro atoms. The van der Waals surface area contributed by atoms with Crippen LogP contribution in [-0.4, -0.2) is 5.78 Å². The molecule has 1 nitrogen and oxygen atoms in total. The quantitative estimate of drug-likeness (QED) is 0.519. The number of benzene rings is 1. The summed E-state index contributed by atoms with van der Waals surface area (Å²) in [6.45, 7) is 5.29. The molecule has 0 atom stereocenters. The van der Waals surface area contributed by atoms with E-state index < -0.39 is 0 Å². The topological polar surface area (TPSA) is 17.1 Å². The monoisotopic (exact) mass is 192 g/mol. The molecule has 0 saturated carbocycles. The van der Waals surface area contributed by atoms with Crippen molar-refractivity contribution in [3.63, 3.8) is 0 Å². The largest absolute Gasteiger partial charge is 0.289 e. The minimum atomic E-state index is -0.335. The molecule has 0 aliphatic carbocycles. The highest BCUT2D eigenvalue weighted by molar-refractivity contribution is 6.05. The zero-order chi connectivity index (χ0) is 10.7. The number of allylic oxidation sites excluding steroid dienone is 2. The van der Waals surface area contributed by atoms with Gasteiger partial charge >= 0.3 is 0 Å². The van der Waals surface area contributed by atoms with Crippen LogP contribution in [0.15, 0.2) is 29.8 Å². The maximum absolute atomic E-state index is 13.1. The lowest BCUT2D eigenvalue weighted by atomic mass is 10.0. The molecule has 0 bridgehead atoms. The first-order valence-electron chi connectivity index (χ1n) is 4.46. The average molecular weight is 192 g/mol. The number of carbonyl (C=O) groups is 1. The van der Waals surface area contributed by atoms with Crippen molar-refractivity contribution in [1.82, 2.24) is 0 Å². The first-order valence-corrected chi connectivity index (χ1v) is 4.46. The Kier molecular flexibility index (Phi) is 3.18. The maximum atomic E-state index is 13.1. The van der Waals surface area contributed by atoms with Crippen molar-refractivity contribution in [2.24, 2.45) is 0 Å². The fraction of sp³-hybridized carbons (Fsp3) is 0.250. The molecule has 0 amide bonds. The van der Waals surface area contributed by atoms with Gasteiger partial charge in [-0.1, -0.05) is 17.7 Å². The molecule has 0 aromatic heterocycles. The number of ketones is 1. The Morgan fingerprint density at radius 3 is 2.57 bits per heavy atom. The Balaban J connectivity index is 3.14. The zero-order valence-electron chi connectivity index (χ0n) is 8.60. The van der Waals surface area contributed by atoms with Crippen molar-refractivity contribution in [2.45, 2.75) is 20.8 Å². The van der Waals surface area contributed by atoms with Crippen LogP contribution in [0.25, 0.3) is 0 Å². The van der Waals surface area contributed by atoms with Crippen LogP contribution in [0.5, 0.6) is 0 Å². The van der Waals surface area contributed by atoms with E-state index in [9.17, 15) is 9.18 Å². The summed E-state index contributed by atoms with van der Waals surface area (Å²) in [6.07, 6.45) is 1.52. The molecule has 0 unspecified atom stereocenters. The summed E-state index contributed by atoms with van der Waals surface area (Å²) in [5, 5.41) is 0. The highest BCUT2D eigenvalue weighted by Gasteiger charge is 2.08. The van der Waals surface area contributed by atoms with Crippen LogP contribution in [0, 0.1) is 12.7 Å². The van der Waals surface area contributed by atoms with Gasteiger partial charge in [0, 0.05) is 5.56 Å². The minimum Gasteiger partial charge on any atom is -0.289 e. The predicted molar refractivity (Wildman–Crippen MR) is 54.9 cm³/mol. The molecule has 0 radical (unpaired) electrons. The van der Waals surface area contributed by atoms with Gasteiger partial charge in [-0.3, -0.25) is 4.79 Å². The summed E-state index contributed by atoms with van der Waals surface area (Å²) in [7, 11) is 0. The van der Waals surface area contributed by atoms with E-state index in [0.717, 1.165) is 5.57 Å². The molecule has 0 N–H and O–H groups in total. The average Bonchev–Trinajstić information content (AvgIpc) is 2.08. The van der Waals surface area contributed by atoms with E-state index in [1.165, 1.54) is 12.1 Å². The van der Waals surface area contributed by atoms with Crippen molar-refractivity contribution in [3.05, 3.63) is 46.8 Å². The first-order chi connectivity index (χ1) is 6.52. The van der Waals surface area contributed by atoms with Gasteiger partial charge in [-0.15, -0.1) is 0 Å². The second-order valence-corrected chi connectivity index (χ2v) is 3.50. The van der Waals surface area contributed by atoms with E-state index in [2.05, 4.69) is 0 Å². The van der Waals surface area contributed by atoms with E-state index in [1.807, 2.05) is 13.8 Å². The number of halogens is 1. The van der Waals surface area contributed by atoms with Crippen LogP contribution >= 0.6 is 0 Å². The molecule has 1 rings (SSSR count). The molecule has 2 heteroatoms. The molecule has 14 heavy (non-hydrogen) atoms. The van der Waals surface area contributed by atoms with Crippen molar-refractivity contribution in [3.8, 4) is 0 Å². The molecule has 0 fully saturated rings. The van der Waals surface area contributed by atoms with Crippen LogP contribution in [0.4, 0.5) is 4.39 Å². The Morgan fingerprint density at radius 2 is 2.00 bits per heavy atom. The lowest BCUT2D eigenvalue weighted by Crippen LogP contribution is -2.00. The molecule has 0 aliphatic rings. The highest BCUT2D eigenvalue weighted by Crippen LogP contribution is 2.13. The number of carbonyl (C=O) groups excluding carboxylic acids is 1. The summed E-state index contributed by atoms with van der Waals surface area (Å²) < 4.78 is 13.1. The van der Waals surface area contributed by atoms with Crippen molar-refractivity contribution in [1.29, 1.82) is 0 Å². The predicted octanol–water partition coefficient (Wildman–Crippen LogP) is 3.28. The van der Waals surface area contributed by atoms with Gasteiger partial charge in [0.25, 0.3) is 0 Å². The van der Waals surface area contributed by atoms with Gasteiger partial charge in [0.05, 0.1) is 0 Å². The maximum Gasteiger partial charge on any atom is 0.186 e. The normalized spacial score (nSPS) is 9.71. The third kappa shape index (κ3) is 2.28. The number of hydrogen-bond donors (Lipinski definition) is 0. The van der Waals surface area contributed by atoms with Crippen LogP contribution in [0.1, 0.15) is 29.8 Å². The fourth-order valence-corrected chi connectivity index (χ4v) is 1.21. The first kappa shape index (κ1) is 10.6. The smallest absolute Gasteiger partial charge is 0.186 e. The van der Waals surface area contributed by atoms with E-state index in [0.29, 0.717) is 11.1 Å². The van der Waals surface area contributed by atoms with Crippen molar-refractivity contribution in [2.75, 3.05) is 0 Å². The molecule has 1 aromatic rings. The lowest BCUT2D eigenvalue weighted by molar-refractivity contribution is 0.104. The summed E-state index contributed by atoms with van der Waals surface area (Å²) in [4.78, 5) is 11.6. The molecular weight excluding hydrogens is 179 g/mol. The van der Waals surface area contributed by atoms with E-state index >= 15 is 0 Å². The second kappa shape index (κ2) is 4.18. The molecule has 1 aromatic carbocycles.